The van der Waals surface area contributed by atoms with Crippen molar-refractivity contribution < 1.29 is 66.3 Å². The van der Waals surface area contributed by atoms with Gasteiger partial charge in [-0.2, -0.15) is 0 Å². The summed E-state index contributed by atoms with van der Waals surface area (Å²) in [5.74, 6) is -4.00. The highest BCUT2D eigenvalue weighted by molar-refractivity contribution is 5.85. The third-order valence-electron chi connectivity index (χ3n) is 11.0. The van der Waals surface area contributed by atoms with Crippen molar-refractivity contribution >= 4 is 36.1 Å². The minimum atomic E-state index is -1.82. The van der Waals surface area contributed by atoms with Crippen LogP contribution in [-0.2, 0) is 73.1 Å². The first-order valence-corrected chi connectivity index (χ1v) is 24.5. The van der Waals surface area contributed by atoms with Crippen LogP contribution in [0.5, 0.6) is 0 Å². The van der Waals surface area contributed by atoms with Crippen LogP contribution in [0.25, 0.3) is 0 Å². The second-order valence-electron chi connectivity index (χ2n) is 23.6. The van der Waals surface area contributed by atoms with Gasteiger partial charge in [0.05, 0.1) is 0 Å². The Hall–Kier alpha value is -6.06. The van der Waals surface area contributed by atoms with Gasteiger partial charge >= 0.3 is 36.1 Å². The van der Waals surface area contributed by atoms with Crippen LogP contribution < -0.4 is 0 Å². The Morgan fingerprint density at radius 1 is 0.493 bits per heavy atom. The van der Waals surface area contributed by atoms with Crippen molar-refractivity contribution in [2.75, 3.05) is 14.1 Å². The quantitative estimate of drug-likeness (QED) is 0.0944. The molecule has 2 amide bonds. The summed E-state index contributed by atoms with van der Waals surface area (Å²) in [6.45, 7) is 27.7. The molecule has 0 aliphatic carbocycles. The molecule has 0 radical (unpaired) electrons. The SMILES string of the molecule is CN(C(=O)OC(C)(C)C)[C@@H](CC(C)(C)F)C(=O)O[C@H](Cc1ccc(C(C)(C)C)cc1)C(=O)O.CN(C(=O)OC(C)(C)C)[C@@H](CC(C)(C)F)C(=O)O[C@H](Cc1ccc(C(C)(C)C)cc1)C(=O)OCc1ccccc1. The first kappa shape index (κ1) is 63.1. The fourth-order valence-corrected chi connectivity index (χ4v) is 6.92. The number of carbonyl (C=O) groups excluding carboxylic acids is 5. The average Bonchev–Trinajstić information content (AvgIpc) is 3.24. The average molecular weight is 1030 g/mol. The molecule has 406 valence electrons. The van der Waals surface area contributed by atoms with Gasteiger partial charge < -0.3 is 28.8 Å². The highest BCUT2D eigenvalue weighted by Gasteiger charge is 2.40. The zero-order chi connectivity index (χ0) is 56.1. The third kappa shape index (κ3) is 23.6. The first-order valence-electron chi connectivity index (χ1n) is 24.5. The number of halogens is 2. The molecule has 0 fully saturated rings. The van der Waals surface area contributed by atoms with Crippen molar-refractivity contribution in [3.8, 4) is 0 Å². The number of benzene rings is 3. The zero-order valence-electron chi connectivity index (χ0n) is 46.4. The number of carboxylic acid groups (broad SMARTS) is 1. The number of rotatable bonds is 18. The van der Waals surface area contributed by atoms with E-state index in [2.05, 4.69) is 41.5 Å². The smallest absolute Gasteiger partial charge is 0.410 e. The predicted molar refractivity (Wildman–Crippen MR) is 277 cm³/mol. The van der Waals surface area contributed by atoms with E-state index in [1.165, 1.54) is 41.8 Å². The number of amides is 2. The van der Waals surface area contributed by atoms with Gasteiger partial charge in [0, 0.05) is 39.8 Å². The summed E-state index contributed by atoms with van der Waals surface area (Å²) < 4.78 is 56.3. The minimum absolute atomic E-state index is 0.00453. The monoisotopic (exact) mass is 1020 g/mol. The molecule has 0 aliphatic heterocycles. The fraction of sp³-hybridized carbons (Fsp3) is 0.579. The summed E-state index contributed by atoms with van der Waals surface area (Å²) in [6.07, 6.45) is -5.19. The first-order chi connectivity index (χ1) is 33.2. The van der Waals surface area contributed by atoms with Crippen LogP contribution in [0, 0.1) is 0 Å². The number of ether oxygens (including phenoxy) is 5. The van der Waals surface area contributed by atoms with E-state index >= 15 is 0 Å². The summed E-state index contributed by atoms with van der Waals surface area (Å²) in [6, 6.07) is 21.5. The maximum absolute atomic E-state index is 14.8. The van der Waals surface area contributed by atoms with E-state index in [1.807, 2.05) is 66.7 Å². The van der Waals surface area contributed by atoms with Gasteiger partial charge in [0.25, 0.3) is 0 Å². The molecule has 4 atom stereocenters. The summed E-state index contributed by atoms with van der Waals surface area (Å²) in [5, 5.41) is 9.63. The molecule has 1 N–H and O–H groups in total. The van der Waals surface area contributed by atoms with Crippen molar-refractivity contribution in [3.63, 3.8) is 0 Å². The van der Waals surface area contributed by atoms with E-state index in [0.717, 1.165) is 32.1 Å². The number of carbonyl (C=O) groups is 6. The second kappa shape index (κ2) is 25.7. The second-order valence-corrected chi connectivity index (χ2v) is 23.6. The fourth-order valence-electron chi connectivity index (χ4n) is 6.92. The molecule has 0 aromatic heterocycles. The number of hydrogen-bond donors (Lipinski definition) is 1. The number of alkyl halides is 2. The summed E-state index contributed by atoms with van der Waals surface area (Å²) in [5.41, 5.74) is -1.00. The van der Waals surface area contributed by atoms with Crippen LogP contribution in [0.1, 0.15) is 151 Å². The lowest BCUT2D eigenvalue weighted by Gasteiger charge is -2.32. The molecule has 3 rings (SSSR count). The summed E-state index contributed by atoms with van der Waals surface area (Å²) in [7, 11) is 2.65. The standard InChI is InChI=1S/C32H44FNO6.C25H38FNO6/c1-30(2,3)24-17-15-22(16-18-24)19-26(28(36)38-21-23-13-11-10-12-14-23)39-27(35)25(20-32(7,8)33)34(9)29(37)40-31(4,5)6;1-23(2,3)17-12-10-16(11-13-17)14-19(20(28)29)32-21(30)18(15-25(7,8)26)27(9)22(31)33-24(4,5)6/h10-18,25-26H,19-21H2,1-9H3;10-13,18-19H,14-15H2,1-9H3,(H,28,29)/t25-,26+;18-,19+/m00/s1. The highest BCUT2D eigenvalue weighted by atomic mass is 19.1. The molecule has 0 spiro atoms. The lowest BCUT2D eigenvalue weighted by atomic mass is 9.86. The molecule has 73 heavy (non-hydrogen) atoms. The summed E-state index contributed by atoms with van der Waals surface area (Å²) in [4.78, 5) is 78.6. The number of carboxylic acids is 1. The predicted octanol–water partition coefficient (Wildman–Crippen LogP) is 11.5. The lowest BCUT2D eigenvalue weighted by molar-refractivity contribution is -0.172. The van der Waals surface area contributed by atoms with Crippen molar-refractivity contribution in [1.29, 1.82) is 0 Å². The van der Waals surface area contributed by atoms with Crippen molar-refractivity contribution in [2.45, 2.75) is 201 Å². The van der Waals surface area contributed by atoms with Gasteiger partial charge in [0.15, 0.2) is 0 Å². The number of nitrogens with zero attached hydrogens (tertiary/aromatic N) is 2. The highest BCUT2D eigenvalue weighted by Crippen LogP contribution is 2.27. The van der Waals surface area contributed by atoms with Crippen molar-refractivity contribution in [1.82, 2.24) is 9.80 Å². The van der Waals surface area contributed by atoms with Crippen LogP contribution in [0.2, 0.25) is 0 Å². The van der Waals surface area contributed by atoms with Gasteiger partial charge in [0.2, 0.25) is 12.2 Å². The molecule has 3 aromatic carbocycles. The van der Waals surface area contributed by atoms with Gasteiger partial charge in [-0.15, -0.1) is 0 Å². The molecule has 0 aliphatic rings. The normalized spacial score (nSPS) is 13.9. The Bertz CT molecular complexity index is 2280. The van der Waals surface area contributed by atoms with Gasteiger partial charge in [0.1, 0.15) is 41.2 Å². The van der Waals surface area contributed by atoms with Crippen LogP contribution in [0.4, 0.5) is 18.4 Å². The Balaban J connectivity index is 0.000000510. The van der Waals surface area contributed by atoms with E-state index in [9.17, 15) is 42.7 Å². The molecule has 0 saturated carbocycles. The number of aliphatic carboxylic acids is 1. The van der Waals surface area contributed by atoms with Crippen LogP contribution in [-0.4, -0.2) is 112 Å². The largest absolute Gasteiger partial charge is 0.478 e. The molecular formula is C57H82F2N2O12. The molecule has 0 heterocycles. The van der Waals surface area contributed by atoms with E-state index in [0.29, 0.717) is 5.56 Å². The Morgan fingerprint density at radius 3 is 1.15 bits per heavy atom. The maximum Gasteiger partial charge on any atom is 0.410 e. The minimum Gasteiger partial charge on any atom is -0.478 e. The molecule has 0 bridgehead atoms. The topological polar surface area (TPSA) is 175 Å². The van der Waals surface area contributed by atoms with E-state index in [1.54, 1.807) is 53.7 Å². The Labute approximate surface area is 432 Å². The van der Waals surface area contributed by atoms with E-state index in [-0.39, 0.29) is 43.1 Å². The summed E-state index contributed by atoms with van der Waals surface area (Å²) >= 11 is 0. The van der Waals surface area contributed by atoms with Crippen LogP contribution in [0.15, 0.2) is 78.9 Å². The van der Waals surface area contributed by atoms with E-state index in [4.69, 9.17) is 23.7 Å². The van der Waals surface area contributed by atoms with Gasteiger partial charge in [-0.05, 0) is 108 Å². The van der Waals surface area contributed by atoms with Crippen LogP contribution in [0.3, 0.4) is 0 Å². The Morgan fingerprint density at radius 2 is 0.836 bits per heavy atom. The number of esters is 3. The third-order valence-corrected chi connectivity index (χ3v) is 11.0. The van der Waals surface area contributed by atoms with E-state index < -0.39 is 82.9 Å². The molecule has 0 unspecified atom stereocenters. The lowest BCUT2D eigenvalue weighted by Crippen LogP contribution is -2.49. The van der Waals surface area contributed by atoms with Gasteiger partial charge in [-0.3, -0.25) is 9.80 Å². The molecule has 14 nitrogen and oxygen atoms in total. The van der Waals surface area contributed by atoms with Crippen LogP contribution >= 0.6 is 0 Å². The number of hydrogen-bond acceptors (Lipinski definition) is 11. The molecule has 0 saturated heterocycles. The molecule has 3 aromatic rings. The Kier molecular flexibility index (Phi) is 22.2. The van der Waals surface area contributed by atoms with Crippen molar-refractivity contribution in [2.24, 2.45) is 0 Å². The zero-order valence-corrected chi connectivity index (χ0v) is 46.4. The molecule has 16 heteroatoms. The molecular weight excluding hydrogens is 943 g/mol. The maximum atomic E-state index is 14.8. The van der Waals surface area contributed by atoms with Gasteiger partial charge in [-0.1, -0.05) is 120 Å². The van der Waals surface area contributed by atoms with Crippen molar-refractivity contribution in [3.05, 3.63) is 107 Å². The van der Waals surface area contributed by atoms with Gasteiger partial charge in [-0.25, -0.2) is 37.5 Å². The number of likely N-dealkylation sites (N-methyl/N-ethyl adjacent to an activating group) is 2.